The van der Waals surface area contributed by atoms with E-state index in [-0.39, 0.29) is 16.2 Å². The predicted octanol–water partition coefficient (Wildman–Crippen LogP) is 5.73. The van der Waals surface area contributed by atoms with E-state index in [1.807, 2.05) is 6.08 Å². The fourth-order valence-corrected chi connectivity index (χ4v) is 4.56. The zero-order valence-electron chi connectivity index (χ0n) is 18.2. The molecular formula is C21H40O3Si. The minimum Gasteiger partial charge on any atom is -0.405 e. The second kappa shape index (κ2) is 7.30. The number of rotatable bonds is 9. The highest BCUT2D eigenvalue weighted by molar-refractivity contribution is 6.74. The van der Waals surface area contributed by atoms with Crippen molar-refractivity contribution in [1.29, 1.82) is 0 Å². The first-order valence-electron chi connectivity index (χ1n) is 9.37. The summed E-state index contributed by atoms with van der Waals surface area (Å²) in [6.07, 6.45) is 7.21. The smallest absolute Gasteiger partial charge is 0.193 e. The highest BCUT2D eigenvalue weighted by Crippen LogP contribution is 2.52. The fraction of sp³-hybridized carbons (Fsp3) is 0.810. The summed E-state index contributed by atoms with van der Waals surface area (Å²) in [7, 11) is -0.196. The summed E-state index contributed by atoms with van der Waals surface area (Å²) in [5, 5.41) is 0.152. The van der Waals surface area contributed by atoms with Gasteiger partial charge in [0.25, 0.3) is 0 Å². The summed E-state index contributed by atoms with van der Waals surface area (Å²) in [5.41, 5.74) is -0.997. The van der Waals surface area contributed by atoms with Gasteiger partial charge in [0, 0.05) is 7.11 Å². The highest BCUT2D eigenvalue weighted by Gasteiger charge is 2.63. The third-order valence-electron chi connectivity index (χ3n) is 6.29. The van der Waals surface area contributed by atoms with Crippen LogP contribution in [0.3, 0.4) is 0 Å². The van der Waals surface area contributed by atoms with E-state index in [9.17, 15) is 0 Å². The topological polar surface area (TPSA) is 31.0 Å². The third-order valence-corrected chi connectivity index (χ3v) is 10.8. The zero-order valence-corrected chi connectivity index (χ0v) is 19.2. The first-order chi connectivity index (χ1) is 11.2. The molecule has 1 rings (SSSR count). The van der Waals surface area contributed by atoms with Gasteiger partial charge in [-0.2, -0.15) is 0 Å². The molecule has 0 aromatic heterocycles. The Balaban J connectivity index is 2.96. The van der Waals surface area contributed by atoms with Gasteiger partial charge < -0.3 is 13.9 Å². The molecule has 1 aliphatic rings. The van der Waals surface area contributed by atoms with Crippen LogP contribution in [0, 0.1) is 5.92 Å². The van der Waals surface area contributed by atoms with Crippen LogP contribution in [-0.2, 0) is 13.9 Å². The molecule has 146 valence electrons. The Kier molecular flexibility index (Phi) is 6.60. The Hall–Kier alpha value is -0.423. The number of epoxide rings is 1. The average Bonchev–Trinajstić information content (AvgIpc) is 3.27. The van der Waals surface area contributed by atoms with Crippen LogP contribution in [0.15, 0.2) is 24.8 Å². The standard InChI is InChI=1S/C21H40O3Si/c1-12-20(8,24-25(10,11)18(3,4)5)21(16-23-21)17(2)14-13-15-19(6,7)22-9/h12-13,15,17H,1,14,16H2,2-11H3/b15-13+/t17-,20-,21-/m0/s1. The molecule has 0 unspecified atom stereocenters. The third kappa shape index (κ3) is 4.85. The van der Waals surface area contributed by atoms with Crippen LogP contribution in [-0.4, -0.2) is 38.8 Å². The maximum absolute atomic E-state index is 6.80. The predicted molar refractivity (Wildman–Crippen MR) is 110 cm³/mol. The van der Waals surface area contributed by atoms with Crippen molar-refractivity contribution in [2.75, 3.05) is 13.7 Å². The van der Waals surface area contributed by atoms with Crippen molar-refractivity contribution >= 4 is 8.32 Å². The van der Waals surface area contributed by atoms with Crippen molar-refractivity contribution in [2.24, 2.45) is 5.92 Å². The number of methoxy groups -OCH3 is 1. The monoisotopic (exact) mass is 368 g/mol. The van der Waals surface area contributed by atoms with Gasteiger partial charge in [0.1, 0.15) is 11.2 Å². The lowest BCUT2D eigenvalue weighted by Gasteiger charge is -2.46. The lowest BCUT2D eigenvalue weighted by atomic mass is 9.78. The van der Waals surface area contributed by atoms with Gasteiger partial charge in [-0.15, -0.1) is 6.58 Å². The van der Waals surface area contributed by atoms with Crippen LogP contribution in [0.2, 0.25) is 18.1 Å². The first-order valence-corrected chi connectivity index (χ1v) is 12.3. The minimum atomic E-state index is -1.93. The van der Waals surface area contributed by atoms with Crippen LogP contribution in [0.25, 0.3) is 0 Å². The Morgan fingerprint density at radius 1 is 1.20 bits per heavy atom. The van der Waals surface area contributed by atoms with E-state index in [2.05, 4.69) is 80.3 Å². The molecular weight excluding hydrogens is 328 g/mol. The maximum Gasteiger partial charge on any atom is 0.193 e. The number of ether oxygens (including phenoxy) is 2. The molecule has 0 aromatic rings. The molecule has 1 fully saturated rings. The van der Waals surface area contributed by atoms with Crippen LogP contribution in [0.5, 0.6) is 0 Å². The quantitative estimate of drug-likeness (QED) is 0.296. The normalized spacial score (nSPS) is 25.7. The molecule has 1 aliphatic heterocycles. The van der Waals surface area contributed by atoms with Gasteiger partial charge in [-0.05, 0) is 51.2 Å². The molecule has 3 atom stereocenters. The van der Waals surface area contributed by atoms with E-state index in [0.717, 1.165) is 13.0 Å². The number of allylic oxidation sites excluding steroid dienone is 1. The van der Waals surface area contributed by atoms with Gasteiger partial charge in [0.15, 0.2) is 8.32 Å². The van der Waals surface area contributed by atoms with Crippen LogP contribution < -0.4 is 0 Å². The first kappa shape index (κ1) is 22.6. The van der Waals surface area contributed by atoms with Crippen LogP contribution in [0.4, 0.5) is 0 Å². The largest absolute Gasteiger partial charge is 0.405 e. The van der Waals surface area contributed by atoms with Crippen molar-refractivity contribution in [3.63, 3.8) is 0 Å². The van der Waals surface area contributed by atoms with E-state index in [0.29, 0.717) is 5.92 Å². The van der Waals surface area contributed by atoms with Gasteiger partial charge in [0.2, 0.25) is 0 Å². The van der Waals surface area contributed by atoms with E-state index < -0.39 is 13.9 Å². The van der Waals surface area contributed by atoms with Crippen molar-refractivity contribution in [1.82, 2.24) is 0 Å². The lowest BCUT2D eigenvalue weighted by molar-refractivity contribution is 0.00372. The second-order valence-electron chi connectivity index (χ2n) is 9.70. The zero-order chi connectivity index (χ0) is 19.7. The van der Waals surface area contributed by atoms with Gasteiger partial charge in [-0.3, -0.25) is 0 Å². The lowest BCUT2D eigenvalue weighted by Crippen LogP contribution is -2.56. The van der Waals surface area contributed by atoms with Crippen LogP contribution >= 0.6 is 0 Å². The summed E-state index contributed by atoms with van der Waals surface area (Å²) < 4.78 is 18.3. The Morgan fingerprint density at radius 3 is 2.08 bits per heavy atom. The van der Waals surface area contributed by atoms with E-state index in [1.165, 1.54) is 0 Å². The van der Waals surface area contributed by atoms with Crippen molar-refractivity contribution in [3.05, 3.63) is 24.8 Å². The summed E-state index contributed by atoms with van der Waals surface area (Å²) >= 11 is 0. The second-order valence-corrected chi connectivity index (χ2v) is 14.4. The highest BCUT2D eigenvalue weighted by atomic mass is 28.4. The van der Waals surface area contributed by atoms with Gasteiger partial charge in [0.05, 0.1) is 12.2 Å². The number of hydrogen-bond donors (Lipinski definition) is 0. The molecule has 0 N–H and O–H groups in total. The molecule has 0 aliphatic carbocycles. The van der Waals surface area contributed by atoms with Crippen molar-refractivity contribution in [3.8, 4) is 0 Å². The minimum absolute atomic E-state index is 0.152. The van der Waals surface area contributed by atoms with E-state index in [1.54, 1.807) is 7.11 Å². The van der Waals surface area contributed by atoms with E-state index >= 15 is 0 Å². The molecule has 0 spiro atoms. The molecule has 25 heavy (non-hydrogen) atoms. The summed E-state index contributed by atoms with van der Waals surface area (Å²) in [6.45, 7) is 24.7. The van der Waals surface area contributed by atoms with Crippen LogP contribution in [0.1, 0.15) is 54.9 Å². The molecule has 0 aromatic carbocycles. The average molecular weight is 369 g/mol. The summed E-state index contributed by atoms with van der Waals surface area (Å²) in [5.74, 6) is 0.337. The number of hydrogen-bond acceptors (Lipinski definition) is 3. The van der Waals surface area contributed by atoms with Gasteiger partial charge >= 0.3 is 0 Å². The molecule has 4 heteroatoms. The molecule has 0 radical (unpaired) electrons. The molecule has 3 nitrogen and oxygen atoms in total. The Morgan fingerprint density at radius 2 is 1.72 bits per heavy atom. The molecule has 0 bridgehead atoms. The Bertz CT molecular complexity index is 498. The van der Waals surface area contributed by atoms with E-state index in [4.69, 9.17) is 13.9 Å². The van der Waals surface area contributed by atoms with Gasteiger partial charge in [-0.25, -0.2) is 0 Å². The fourth-order valence-electron chi connectivity index (χ4n) is 2.94. The summed E-state index contributed by atoms with van der Waals surface area (Å²) in [4.78, 5) is 0. The molecule has 1 saturated heterocycles. The Labute approximate surface area is 156 Å². The van der Waals surface area contributed by atoms with Gasteiger partial charge in [-0.1, -0.05) is 45.9 Å². The van der Waals surface area contributed by atoms with Crippen molar-refractivity contribution < 1.29 is 13.9 Å². The molecule has 0 saturated carbocycles. The molecule has 1 heterocycles. The summed E-state index contributed by atoms with van der Waals surface area (Å²) in [6, 6.07) is 0. The molecule has 0 amide bonds. The van der Waals surface area contributed by atoms with Crippen molar-refractivity contribution in [2.45, 2.75) is 89.8 Å². The maximum atomic E-state index is 6.80. The SMILES string of the molecule is C=C[C@](C)(O[Si](C)(C)C(C)(C)C)[C@@]1([C@@H](C)C/C=C/C(C)(C)OC)CO1.